The van der Waals surface area contributed by atoms with Crippen molar-refractivity contribution in [1.29, 1.82) is 0 Å². The molecule has 0 aromatic carbocycles. The lowest BCUT2D eigenvalue weighted by atomic mass is 10.0. The number of carbonyl (C=O) groups excluding carboxylic acids is 1. The lowest BCUT2D eigenvalue weighted by Crippen LogP contribution is -2.45. The molecule has 0 aliphatic rings. The van der Waals surface area contributed by atoms with Gasteiger partial charge in [0.2, 0.25) is 5.91 Å². The van der Waals surface area contributed by atoms with Crippen molar-refractivity contribution in [2.45, 2.75) is 270 Å². The fourth-order valence-corrected chi connectivity index (χ4v) is 8.64. The van der Waals surface area contributed by atoms with Gasteiger partial charge in [0.1, 0.15) is 13.2 Å². The van der Waals surface area contributed by atoms with E-state index in [2.05, 4.69) is 31.3 Å². The van der Waals surface area contributed by atoms with Crippen LogP contribution in [0.1, 0.15) is 258 Å². The van der Waals surface area contributed by atoms with Crippen molar-refractivity contribution in [3.63, 3.8) is 0 Å². The van der Waals surface area contributed by atoms with E-state index in [-0.39, 0.29) is 19.1 Å². The third-order valence-electron chi connectivity index (χ3n) is 12.2. The van der Waals surface area contributed by atoms with Crippen molar-refractivity contribution < 1.29 is 32.9 Å². The van der Waals surface area contributed by atoms with Crippen LogP contribution >= 0.6 is 7.82 Å². The first-order valence-corrected chi connectivity index (χ1v) is 28.2. The summed E-state index contributed by atoms with van der Waals surface area (Å²) < 4.78 is 23.2. The minimum atomic E-state index is -4.58. The molecular formula is C53H105N2O6P. The fraction of sp³-hybridized carbons (Fsp3) is 0.906. The number of phosphoric ester groups is 1. The van der Waals surface area contributed by atoms with E-state index in [1.165, 1.54) is 199 Å². The molecule has 0 aromatic heterocycles. The molecule has 1 amide bonds. The van der Waals surface area contributed by atoms with Gasteiger partial charge in [-0.2, -0.15) is 0 Å². The molecule has 8 nitrogen and oxygen atoms in total. The number of phosphoric acid groups is 1. The zero-order chi connectivity index (χ0) is 45.7. The maximum atomic E-state index is 12.9. The molecule has 3 unspecified atom stereocenters. The predicted octanol–water partition coefficient (Wildman–Crippen LogP) is 15.0. The first-order chi connectivity index (χ1) is 30.0. The molecule has 9 heteroatoms. The van der Waals surface area contributed by atoms with Crippen LogP contribution in [0.25, 0.3) is 0 Å². The van der Waals surface area contributed by atoms with Gasteiger partial charge >= 0.3 is 0 Å². The Morgan fingerprint density at radius 2 is 0.887 bits per heavy atom. The third kappa shape index (κ3) is 47.0. The highest BCUT2D eigenvalue weighted by Gasteiger charge is 2.23. The summed E-state index contributed by atoms with van der Waals surface area (Å²) in [4.78, 5) is 25.4. The molecule has 0 aromatic rings. The Bertz CT molecular complexity index is 1060. The summed E-state index contributed by atoms with van der Waals surface area (Å²) in [6.07, 6.45) is 55.4. The molecule has 0 saturated carbocycles. The average Bonchev–Trinajstić information content (AvgIpc) is 3.23. The van der Waals surface area contributed by atoms with Gasteiger partial charge in [0.25, 0.3) is 7.82 Å². The van der Waals surface area contributed by atoms with E-state index in [0.717, 1.165) is 38.5 Å². The zero-order valence-corrected chi connectivity index (χ0v) is 42.7. The number of carbonyl (C=O) groups is 1. The fourth-order valence-electron chi connectivity index (χ4n) is 7.91. The number of aliphatic hydroxyl groups is 1. The number of amides is 1. The van der Waals surface area contributed by atoms with Gasteiger partial charge in [-0.05, 0) is 44.9 Å². The van der Waals surface area contributed by atoms with Crippen LogP contribution in [0.4, 0.5) is 0 Å². The molecule has 0 aliphatic carbocycles. The molecule has 0 heterocycles. The van der Waals surface area contributed by atoms with Crippen LogP contribution in [-0.2, 0) is 18.4 Å². The number of likely N-dealkylation sites (N-methyl/N-ethyl adjacent to an activating group) is 1. The molecule has 0 spiro atoms. The van der Waals surface area contributed by atoms with Gasteiger partial charge in [-0.25, -0.2) is 0 Å². The van der Waals surface area contributed by atoms with Crippen LogP contribution in [0, 0.1) is 0 Å². The van der Waals surface area contributed by atoms with Gasteiger partial charge in [0.05, 0.1) is 39.9 Å². The van der Waals surface area contributed by atoms with Crippen molar-refractivity contribution in [3.05, 3.63) is 24.3 Å². The number of hydrogen-bond acceptors (Lipinski definition) is 6. The number of nitrogens with zero attached hydrogens (tertiary/aromatic N) is 1. The highest BCUT2D eigenvalue weighted by atomic mass is 31.2. The van der Waals surface area contributed by atoms with Crippen molar-refractivity contribution in [2.75, 3.05) is 40.9 Å². The SMILES string of the molecule is CCCCCCCCCCC/C=C/C(O)C(COP(=O)([O-])OCC[N+](C)(C)C)NC(=O)CCCCCCCCCCCCCCC/C=C\CCCCCCCCCCCCCC. The number of rotatable bonds is 49. The van der Waals surface area contributed by atoms with Crippen molar-refractivity contribution >= 4 is 13.7 Å². The standard InChI is InChI=1S/C53H105N2O6P/c1-6-8-10-12-14-16-18-19-20-21-22-23-24-25-26-27-28-29-30-31-32-33-34-35-37-39-41-43-45-47-53(57)54-51(50-61-62(58,59)60-49-48-55(3,4)5)52(56)46-44-42-40-38-36-17-15-13-11-9-7-2/h25-26,44,46,51-52,56H,6-24,27-43,45,47-50H2,1-5H3,(H-,54,57,58,59)/b26-25-,46-44+. The maximum absolute atomic E-state index is 12.9. The zero-order valence-electron chi connectivity index (χ0n) is 41.8. The van der Waals surface area contributed by atoms with Crippen LogP contribution < -0.4 is 10.2 Å². The smallest absolute Gasteiger partial charge is 0.268 e. The van der Waals surface area contributed by atoms with Crippen LogP contribution in [0.3, 0.4) is 0 Å². The monoisotopic (exact) mass is 897 g/mol. The van der Waals surface area contributed by atoms with E-state index in [9.17, 15) is 19.4 Å². The van der Waals surface area contributed by atoms with E-state index in [1.54, 1.807) is 6.08 Å². The van der Waals surface area contributed by atoms with Gasteiger partial charge in [0, 0.05) is 6.42 Å². The summed E-state index contributed by atoms with van der Waals surface area (Å²) in [5, 5.41) is 13.8. The summed E-state index contributed by atoms with van der Waals surface area (Å²) in [7, 11) is 1.27. The molecule has 0 aliphatic heterocycles. The number of hydrogen-bond donors (Lipinski definition) is 2. The second-order valence-electron chi connectivity index (χ2n) is 19.6. The molecule has 0 bridgehead atoms. The van der Waals surface area contributed by atoms with Crippen LogP contribution in [0.2, 0.25) is 0 Å². The van der Waals surface area contributed by atoms with Crippen LogP contribution in [0.15, 0.2) is 24.3 Å². The number of aliphatic hydroxyl groups excluding tert-OH is 1. The van der Waals surface area contributed by atoms with Crippen LogP contribution in [0.5, 0.6) is 0 Å². The topological polar surface area (TPSA) is 108 Å². The summed E-state index contributed by atoms with van der Waals surface area (Å²) in [5.41, 5.74) is 0. The van der Waals surface area contributed by atoms with Gasteiger partial charge in [-0.3, -0.25) is 9.36 Å². The number of unbranched alkanes of at least 4 members (excludes halogenated alkanes) is 34. The normalized spacial score (nSPS) is 14.2. The third-order valence-corrected chi connectivity index (χ3v) is 13.1. The summed E-state index contributed by atoms with van der Waals surface area (Å²) in [6.45, 7) is 4.65. The second kappa shape index (κ2) is 45.1. The summed E-state index contributed by atoms with van der Waals surface area (Å²) >= 11 is 0. The highest BCUT2D eigenvalue weighted by Crippen LogP contribution is 2.38. The van der Waals surface area contributed by atoms with E-state index < -0.39 is 20.0 Å². The quantitative estimate of drug-likeness (QED) is 0.0273. The van der Waals surface area contributed by atoms with E-state index in [1.807, 2.05) is 27.2 Å². The molecule has 2 N–H and O–H groups in total. The van der Waals surface area contributed by atoms with Crippen molar-refractivity contribution in [3.8, 4) is 0 Å². The first-order valence-electron chi connectivity index (χ1n) is 26.7. The second-order valence-corrected chi connectivity index (χ2v) is 21.0. The minimum Gasteiger partial charge on any atom is -0.756 e. The Morgan fingerprint density at radius 1 is 0.548 bits per heavy atom. The van der Waals surface area contributed by atoms with Gasteiger partial charge in [-0.1, -0.05) is 231 Å². The Kier molecular flexibility index (Phi) is 44.4. The average molecular weight is 897 g/mol. The van der Waals surface area contributed by atoms with E-state index >= 15 is 0 Å². The number of allylic oxidation sites excluding steroid dienone is 3. The van der Waals surface area contributed by atoms with E-state index in [0.29, 0.717) is 17.4 Å². The van der Waals surface area contributed by atoms with Crippen molar-refractivity contribution in [2.24, 2.45) is 0 Å². The molecule has 62 heavy (non-hydrogen) atoms. The Morgan fingerprint density at radius 3 is 1.26 bits per heavy atom. The molecular weight excluding hydrogens is 792 g/mol. The summed E-state index contributed by atoms with van der Waals surface area (Å²) in [6, 6.07) is -0.882. The molecule has 0 rings (SSSR count). The maximum Gasteiger partial charge on any atom is 0.268 e. The summed E-state index contributed by atoms with van der Waals surface area (Å²) in [5.74, 6) is -0.196. The Balaban J connectivity index is 4.05. The molecule has 0 saturated heterocycles. The predicted molar refractivity (Wildman–Crippen MR) is 265 cm³/mol. The lowest BCUT2D eigenvalue weighted by molar-refractivity contribution is -0.870. The van der Waals surface area contributed by atoms with E-state index in [4.69, 9.17) is 9.05 Å². The molecule has 368 valence electrons. The molecule has 3 atom stereocenters. The number of nitrogens with one attached hydrogen (secondary N) is 1. The van der Waals surface area contributed by atoms with Gasteiger partial charge in [0.15, 0.2) is 0 Å². The largest absolute Gasteiger partial charge is 0.756 e. The molecule has 0 radical (unpaired) electrons. The van der Waals surface area contributed by atoms with Crippen molar-refractivity contribution in [1.82, 2.24) is 5.32 Å². The molecule has 0 fully saturated rings. The van der Waals surface area contributed by atoms with Crippen LogP contribution in [-0.4, -0.2) is 68.5 Å². The Labute approximate surface area is 385 Å². The van der Waals surface area contributed by atoms with Gasteiger partial charge in [-0.15, -0.1) is 0 Å². The number of quaternary nitrogens is 1. The Hall–Kier alpha value is -1.02. The minimum absolute atomic E-state index is 0.000483. The van der Waals surface area contributed by atoms with Gasteiger partial charge < -0.3 is 28.8 Å². The highest BCUT2D eigenvalue weighted by molar-refractivity contribution is 7.45. The lowest BCUT2D eigenvalue weighted by Gasteiger charge is -2.29. The first kappa shape index (κ1) is 61.0.